The van der Waals surface area contributed by atoms with Gasteiger partial charge in [-0.15, -0.1) is 0 Å². The molecule has 4 atom stereocenters. The minimum atomic E-state index is 0.331. The van der Waals surface area contributed by atoms with Gasteiger partial charge in [-0.1, -0.05) is 167 Å². The van der Waals surface area contributed by atoms with Gasteiger partial charge in [0.2, 0.25) is 0 Å². The van der Waals surface area contributed by atoms with Gasteiger partial charge in [-0.2, -0.15) is 0 Å². The van der Waals surface area contributed by atoms with Crippen LogP contribution in [0.5, 0.6) is 0 Å². The summed E-state index contributed by atoms with van der Waals surface area (Å²) in [5, 5.41) is 0. The summed E-state index contributed by atoms with van der Waals surface area (Å²) in [4.78, 5) is 0. The number of allylic oxidation sites excluding steroid dienone is 19. The summed E-state index contributed by atoms with van der Waals surface area (Å²) < 4.78 is 0. The monoisotopic (exact) mass is 607 g/mol. The van der Waals surface area contributed by atoms with E-state index >= 15 is 0 Å². The molecule has 0 bridgehead atoms. The fourth-order valence-corrected chi connectivity index (χ4v) is 7.94. The third-order valence-electron chi connectivity index (χ3n) is 11.3. The second-order valence-corrected chi connectivity index (χ2v) is 16.5. The molecular formula is C45H66. The zero-order chi connectivity index (χ0) is 33.3. The Morgan fingerprint density at radius 1 is 0.600 bits per heavy atom. The van der Waals surface area contributed by atoms with Crippen LogP contribution in [0.4, 0.5) is 0 Å². The van der Waals surface area contributed by atoms with E-state index in [0.717, 1.165) is 12.3 Å². The van der Waals surface area contributed by atoms with Gasteiger partial charge in [0.15, 0.2) is 0 Å². The van der Waals surface area contributed by atoms with Crippen molar-refractivity contribution in [3.63, 3.8) is 0 Å². The molecule has 3 fully saturated rings. The van der Waals surface area contributed by atoms with Gasteiger partial charge in [0, 0.05) is 0 Å². The van der Waals surface area contributed by atoms with E-state index in [0.29, 0.717) is 34.0 Å². The molecule has 45 heavy (non-hydrogen) atoms. The second kappa shape index (κ2) is 16.3. The highest BCUT2D eigenvalue weighted by molar-refractivity contribution is 5.32. The first-order valence-corrected chi connectivity index (χ1v) is 17.9. The molecule has 0 heterocycles. The first-order valence-electron chi connectivity index (χ1n) is 17.9. The lowest BCUT2D eigenvalue weighted by molar-refractivity contribution is 0.122. The van der Waals surface area contributed by atoms with Gasteiger partial charge in [0.1, 0.15) is 0 Å². The quantitative estimate of drug-likeness (QED) is 0.171. The van der Waals surface area contributed by atoms with Crippen molar-refractivity contribution in [2.75, 3.05) is 0 Å². The molecule has 0 N–H and O–H groups in total. The molecule has 3 aliphatic rings. The van der Waals surface area contributed by atoms with E-state index in [1.165, 1.54) is 72.8 Å². The number of rotatable bonds is 10. The Hall–Kier alpha value is -2.60. The molecule has 0 amide bonds. The van der Waals surface area contributed by atoms with Crippen LogP contribution in [0.15, 0.2) is 120 Å². The maximum Gasteiger partial charge on any atom is -0.0116 e. The second-order valence-electron chi connectivity index (χ2n) is 16.5. The molecule has 0 nitrogen and oxygen atoms in total. The van der Waals surface area contributed by atoms with E-state index < -0.39 is 0 Å². The lowest BCUT2D eigenvalue weighted by Crippen LogP contribution is -2.33. The van der Waals surface area contributed by atoms with Gasteiger partial charge in [-0.05, 0) is 113 Å². The Balaban J connectivity index is 1.49. The Bertz CT molecular complexity index is 1280. The molecule has 3 rings (SSSR count). The fourth-order valence-electron chi connectivity index (χ4n) is 7.94. The summed E-state index contributed by atoms with van der Waals surface area (Å²) >= 11 is 0. The molecule has 246 valence electrons. The highest BCUT2D eigenvalue weighted by atomic mass is 14.5. The van der Waals surface area contributed by atoms with Gasteiger partial charge in [-0.3, -0.25) is 0 Å². The van der Waals surface area contributed by atoms with Crippen molar-refractivity contribution >= 4 is 0 Å². The molecule has 0 aromatic heterocycles. The summed E-state index contributed by atoms with van der Waals surface area (Å²) in [6, 6.07) is 0. The van der Waals surface area contributed by atoms with Crippen molar-refractivity contribution in [1.29, 1.82) is 0 Å². The van der Waals surface area contributed by atoms with Crippen molar-refractivity contribution in [1.82, 2.24) is 0 Å². The maximum atomic E-state index is 4.32. The van der Waals surface area contributed by atoms with Crippen LogP contribution in [0, 0.1) is 39.9 Å². The largest absolute Gasteiger partial charge is 0.0996 e. The average molecular weight is 607 g/mol. The highest BCUT2D eigenvalue weighted by Gasteiger charge is 2.47. The van der Waals surface area contributed by atoms with Crippen molar-refractivity contribution < 1.29 is 0 Å². The SMILES string of the molecule is C=C1CCC(C)(C)C(/C=C/C(C)=C/C=C/C(C)=C/C=C/C=C(C)/C=C/C=C(C)/C=C/C2C(C)CC3(CCCC2(C)C)CC3)C1C. The van der Waals surface area contributed by atoms with Crippen LogP contribution in [0.1, 0.15) is 121 Å². The zero-order valence-electron chi connectivity index (χ0n) is 30.8. The van der Waals surface area contributed by atoms with Crippen LogP contribution in [0.3, 0.4) is 0 Å². The van der Waals surface area contributed by atoms with E-state index in [1.54, 1.807) is 0 Å². The lowest BCUT2D eigenvalue weighted by atomic mass is 9.62. The summed E-state index contributed by atoms with van der Waals surface area (Å²) in [7, 11) is 0. The van der Waals surface area contributed by atoms with Crippen LogP contribution in [0.25, 0.3) is 0 Å². The minimum absolute atomic E-state index is 0.331. The van der Waals surface area contributed by atoms with E-state index in [-0.39, 0.29) is 0 Å². The predicted molar refractivity (Wildman–Crippen MR) is 202 cm³/mol. The van der Waals surface area contributed by atoms with E-state index in [9.17, 15) is 0 Å². The molecule has 0 saturated heterocycles. The molecule has 0 aromatic carbocycles. The summed E-state index contributed by atoms with van der Waals surface area (Å²) in [6.45, 7) is 27.7. The normalized spacial score (nSPS) is 30.0. The van der Waals surface area contributed by atoms with E-state index in [2.05, 4.69) is 161 Å². The van der Waals surface area contributed by atoms with Crippen molar-refractivity contribution in [3.8, 4) is 0 Å². The van der Waals surface area contributed by atoms with Crippen LogP contribution < -0.4 is 0 Å². The van der Waals surface area contributed by atoms with E-state index in [1.807, 2.05) is 0 Å². The Kier molecular flexibility index (Phi) is 13.3. The highest BCUT2D eigenvalue weighted by Crippen LogP contribution is 2.58. The standard InChI is InChI=1S/C45H66/c1-34(19-14-21-36(3)23-25-41-39(6)33-45(31-32-45)29-16-28-43(41,8)9)17-12-13-18-35(2)20-15-22-37(4)24-26-42-40(7)38(5)27-30-44(42,10)11/h12-15,17-26,39-42H,5,16,27-33H2,1-4,6-11H3/b13-12+,19-14+,20-15+,25-23+,26-24+,34-17+,35-18+,36-21+,37-22+. The van der Waals surface area contributed by atoms with E-state index in [4.69, 9.17) is 0 Å². The summed E-state index contributed by atoms with van der Waals surface area (Å²) in [5.74, 6) is 2.52. The molecule has 1 spiro atoms. The van der Waals surface area contributed by atoms with Gasteiger partial charge in [0.05, 0.1) is 0 Å². The Morgan fingerprint density at radius 3 is 1.60 bits per heavy atom. The first kappa shape index (κ1) is 36.9. The van der Waals surface area contributed by atoms with Gasteiger partial charge < -0.3 is 0 Å². The molecule has 0 heteroatoms. The number of hydrogen-bond donors (Lipinski definition) is 0. The first-order chi connectivity index (χ1) is 21.1. The van der Waals surface area contributed by atoms with Crippen molar-refractivity contribution in [2.24, 2.45) is 39.9 Å². The number of hydrogen-bond acceptors (Lipinski definition) is 0. The molecule has 0 aromatic rings. The van der Waals surface area contributed by atoms with Crippen molar-refractivity contribution in [3.05, 3.63) is 120 Å². The zero-order valence-corrected chi connectivity index (χ0v) is 30.8. The smallest absolute Gasteiger partial charge is 0.0116 e. The molecule has 0 aliphatic heterocycles. The topological polar surface area (TPSA) is 0 Å². The molecule has 3 saturated carbocycles. The van der Waals surface area contributed by atoms with Crippen LogP contribution in [-0.2, 0) is 0 Å². The van der Waals surface area contributed by atoms with Crippen LogP contribution in [-0.4, -0.2) is 0 Å². The predicted octanol–water partition coefficient (Wildman–Crippen LogP) is 13.8. The molecule has 3 aliphatic carbocycles. The molecule has 0 radical (unpaired) electrons. The van der Waals surface area contributed by atoms with Gasteiger partial charge in [-0.25, -0.2) is 0 Å². The van der Waals surface area contributed by atoms with Crippen molar-refractivity contribution in [2.45, 2.75) is 121 Å². The minimum Gasteiger partial charge on any atom is -0.0996 e. The Labute approximate surface area is 279 Å². The summed E-state index contributed by atoms with van der Waals surface area (Å²) in [6.07, 6.45) is 42.3. The third-order valence-corrected chi connectivity index (χ3v) is 11.3. The fraction of sp³-hybridized carbons (Fsp3) is 0.556. The summed E-state index contributed by atoms with van der Waals surface area (Å²) in [5.41, 5.74) is 7.90. The Morgan fingerprint density at radius 2 is 1.07 bits per heavy atom. The lowest BCUT2D eigenvalue weighted by Gasteiger charge is -2.42. The van der Waals surface area contributed by atoms with Crippen LogP contribution >= 0.6 is 0 Å². The maximum absolute atomic E-state index is 4.32. The van der Waals surface area contributed by atoms with Gasteiger partial charge >= 0.3 is 0 Å². The molecular weight excluding hydrogens is 540 g/mol. The third kappa shape index (κ3) is 11.6. The average Bonchev–Trinajstić information content (AvgIpc) is 3.71. The van der Waals surface area contributed by atoms with Gasteiger partial charge in [0.25, 0.3) is 0 Å². The van der Waals surface area contributed by atoms with Crippen LogP contribution in [0.2, 0.25) is 0 Å². The molecule has 4 unspecified atom stereocenters.